The van der Waals surface area contributed by atoms with Gasteiger partial charge in [0, 0.05) is 53.0 Å². The molecule has 2 fully saturated rings. The van der Waals surface area contributed by atoms with Crippen LogP contribution in [0.4, 0.5) is 0 Å². The van der Waals surface area contributed by atoms with Gasteiger partial charge in [0.2, 0.25) is 0 Å². The summed E-state index contributed by atoms with van der Waals surface area (Å²) >= 11 is 0. The summed E-state index contributed by atoms with van der Waals surface area (Å²) in [4.78, 5) is 6.94. The Bertz CT molecular complexity index is 659. The van der Waals surface area contributed by atoms with Crippen molar-refractivity contribution in [3.8, 4) is 0 Å². The summed E-state index contributed by atoms with van der Waals surface area (Å²) in [6, 6.07) is 8.71. The first-order chi connectivity index (χ1) is 14.7. The molecule has 6 nitrogen and oxygen atoms in total. The minimum atomic E-state index is 0. The second-order valence-corrected chi connectivity index (χ2v) is 8.59. The minimum absolute atomic E-state index is 0. The molecule has 31 heavy (non-hydrogen) atoms. The first-order valence-corrected chi connectivity index (χ1v) is 11.6. The van der Waals surface area contributed by atoms with Gasteiger partial charge >= 0.3 is 0 Å². The molecule has 2 aliphatic rings. The number of aliphatic imine (C=N–C) groups is 1. The third-order valence-corrected chi connectivity index (χ3v) is 6.56. The average Bonchev–Trinajstić information content (AvgIpc) is 3.25. The number of rotatable bonds is 10. The van der Waals surface area contributed by atoms with E-state index in [-0.39, 0.29) is 24.0 Å². The molecule has 0 bridgehead atoms. The van der Waals surface area contributed by atoms with E-state index in [1.54, 1.807) is 0 Å². The fourth-order valence-electron chi connectivity index (χ4n) is 4.63. The predicted molar refractivity (Wildman–Crippen MR) is 138 cm³/mol. The molecule has 1 aromatic rings. The van der Waals surface area contributed by atoms with Crippen LogP contribution in [0.1, 0.15) is 50.2 Å². The highest BCUT2D eigenvalue weighted by Crippen LogP contribution is 2.40. The molecule has 1 aliphatic heterocycles. The van der Waals surface area contributed by atoms with Crippen molar-refractivity contribution in [2.75, 3.05) is 53.1 Å². The van der Waals surface area contributed by atoms with Crippen molar-refractivity contribution in [2.24, 2.45) is 10.4 Å². The monoisotopic (exact) mass is 544 g/mol. The Balaban J connectivity index is 0.00000341. The van der Waals surface area contributed by atoms with E-state index in [9.17, 15) is 0 Å². The Kier molecular flexibility index (Phi) is 12.1. The van der Waals surface area contributed by atoms with Gasteiger partial charge in [0.1, 0.15) is 0 Å². The zero-order valence-electron chi connectivity index (χ0n) is 19.3. The van der Waals surface area contributed by atoms with Crippen molar-refractivity contribution < 1.29 is 9.47 Å². The third-order valence-electron chi connectivity index (χ3n) is 6.56. The van der Waals surface area contributed by atoms with Crippen LogP contribution in [0.15, 0.2) is 29.3 Å². The molecule has 2 N–H and O–H groups in total. The van der Waals surface area contributed by atoms with Crippen molar-refractivity contribution in [1.82, 2.24) is 15.5 Å². The van der Waals surface area contributed by atoms with Crippen molar-refractivity contribution in [3.05, 3.63) is 35.4 Å². The van der Waals surface area contributed by atoms with Gasteiger partial charge in [-0.05, 0) is 42.7 Å². The van der Waals surface area contributed by atoms with E-state index in [0.717, 1.165) is 71.5 Å². The van der Waals surface area contributed by atoms with Crippen LogP contribution in [-0.2, 0) is 22.6 Å². The van der Waals surface area contributed by atoms with Gasteiger partial charge in [-0.25, -0.2) is 0 Å². The number of hydrogen-bond donors (Lipinski definition) is 2. The van der Waals surface area contributed by atoms with Crippen LogP contribution in [0, 0.1) is 5.41 Å². The molecule has 1 saturated heterocycles. The van der Waals surface area contributed by atoms with Gasteiger partial charge in [0.25, 0.3) is 0 Å². The highest BCUT2D eigenvalue weighted by atomic mass is 127. The lowest BCUT2D eigenvalue weighted by molar-refractivity contribution is 0.0341. The van der Waals surface area contributed by atoms with Crippen molar-refractivity contribution in [2.45, 2.75) is 52.1 Å². The molecule has 7 heteroatoms. The number of benzene rings is 1. The fraction of sp³-hybridized carbons (Fsp3) is 0.708. The average molecular weight is 545 g/mol. The van der Waals surface area contributed by atoms with Crippen LogP contribution in [-0.4, -0.2) is 64.0 Å². The van der Waals surface area contributed by atoms with Gasteiger partial charge in [-0.15, -0.1) is 24.0 Å². The van der Waals surface area contributed by atoms with Crippen LogP contribution < -0.4 is 10.6 Å². The number of hydrogen-bond acceptors (Lipinski definition) is 4. The van der Waals surface area contributed by atoms with Gasteiger partial charge in [0.15, 0.2) is 5.96 Å². The molecule has 0 atom stereocenters. The maximum absolute atomic E-state index is 5.65. The molecule has 1 aromatic carbocycles. The summed E-state index contributed by atoms with van der Waals surface area (Å²) in [5.41, 5.74) is 3.06. The molecule has 0 aromatic heterocycles. The second-order valence-electron chi connectivity index (χ2n) is 8.59. The van der Waals surface area contributed by atoms with E-state index in [1.165, 1.54) is 36.8 Å². The predicted octanol–water partition coefficient (Wildman–Crippen LogP) is 3.79. The number of morpholine rings is 1. The SMILES string of the molecule is CCOCCC1(CNC(=NC)NCc2ccccc2CN2CCOCC2)CCCC1.I. The van der Waals surface area contributed by atoms with E-state index in [0.29, 0.717) is 5.41 Å². The lowest BCUT2D eigenvalue weighted by Gasteiger charge is -2.30. The van der Waals surface area contributed by atoms with Crippen LogP contribution in [0.5, 0.6) is 0 Å². The Labute approximate surface area is 205 Å². The largest absolute Gasteiger partial charge is 0.382 e. The summed E-state index contributed by atoms with van der Waals surface area (Å²) in [5.74, 6) is 0.888. The molecule has 1 heterocycles. The number of nitrogens with zero attached hydrogens (tertiary/aromatic N) is 2. The lowest BCUT2D eigenvalue weighted by Crippen LogP contribution is -2.43. The normalized spacial score (nSPS) is 19.1. The summed E-state index contributed by atoms with van der Waals surface area (Å²) < 4.78 is 11.1. The fourth-order valence-corrected chi connectivity index (χ4v) is 4.63. The summed E-state index contributed by atoms with van der Waals surface area (Å²) in [6.45, 7) is 10.2. The molecule has 0 unspecified atom stereocenters. The molecule has 1 aliphatic carbocycles. The highest BCUT2D eigenvalue weighted by molar-refractivity contribution is 14.0. The maximum atomic E-state index is 5.65. The molecule has 1 saturated carbocycles. The molecule has 0 amide bonds. The van der Waals surface area contributed by atoms with E-state index in [2.05, 4.69) is 51.7 Å². The number of nitrogens with one attached hydrogen (secondary N) is 2. The van der Waals surface area contributed by atoms with E-state index < -0.39 is 0 Å². The minimum Gasteiger partial charge on any atom is -0.382 e. The van der Waals surface area contributed by atoms with Gasteiger partial charge < -0.3 is 20.1 Å². The number of halogens is 1. The quantitative estimate of drug-likeness (QED) is 0.203. The molecular formula is C24H41IN4O2. The zero-order chi connectivity index (χ0) is 21.1. The van der Waals surface area contributed by atoms with Gasteiger partial charge in [-0.3, -0.25) is 9.89 Å². The smallest absolute Gasteiger partial charge is 0.191 e. The van der Waals surface area contributed by atoms with Crippen LogP contribution in [0.2, 0.25) is 0 Å². The Morgan fingerprint density at radius 2 is 1.84 bits per heavy atom. The van der Waals surface area contributed by atoms with E-state index in [4.69, 9.17) is 9.47 Å². The van der Waals surface area contributed by atoms with Crippen LogP contribution >= 0.6 is 24.0 Å². The zero-order valence-corrected chi connectivity index (χ0v) is 21.7. The topological polar surface area (TPSA) is 58.1 Å². The van der Waals surface area contributed by atoms with Crippen LogP contribution in [0.3, 0.4) is 0 Å². The first kappa shape index (κ1) is 26.4. The lowest BCUT2D eigenvalue weighted by atomic mass is 9.83. The van der Waals surface area contributed by atoms with Gasteiger partial charge in [-0.1, -0.05) is 37.1 Å². The Hall–Kier alpha value is -0.900. The number of guanidine groups is 1. The molecular weight excluding hydrogens is 503 g/mol. The maximum Gasteiger partial charge on any atom is 0.191 e. The van der Waals surface area contributed by atoms with Crippen molar-refractivity contribution in [1.29, 1.82) is 0 Å². The summed E-state index contributed by atoms with van der Waals surface area (Å²) in [6.07, 6.45) is 6.36. The molecule has 0 spiro atoms. The third kappa shape index (κ3) is 8.51. The van der Waals surface area contributed by atoms with Crippen molar-refractivity contribution >= 4 is 29.9 Å². The second kappa shape index (κ2) is 14.3. The molecule has 3 rings (SSSR count). The molecule has 0 radical (unpaired) electrons. The van der Waals surface area contributed by atoms with E-state index >= 15 is 0 Å². The Morgan fingerprint density at radius 3 is 2.52 bits per heavy atom. The highest BCUT2D eigenvalue weighted by Gasteiger charge is 2.33. The van der Waals surface area contributed by atoms with Gasteiger partial charge in [-0.2, -0.15) is 0 Å². The number of ether oxygens (including phenoxy) is 2. The van der Waals surface area contributed by atoms with Crippen molar-refractivity contribution in [3.63, 3.8) is 0 Å². The van der Waals surface area contributed by atoms with E-state index in [1.807, 2.05) is 7.05 Å². The standard InChI is InChI=1S/C24H40N4O2.HI/c1-3-29-15-12-24(10-6-7-11-24)20-27-23(25-2)26-18-21-8-4-5-9-22(21)19-28-13-16-30-17-14-28;/h4-5,8-9H,3,6-7,10-20H2,1-2H3,(H2,25,26,27);1H. The van der Waals surface area contributed by atoms with Gasteiger partial charge in [0.05, 0.1) is 13.2 Å². The molecule has 176 valence electrons. The summed E-state index contributed by atoms with van der Waals surface area (Å²) in [5, 5.41) is 7.14. The van der Waals surface area contributed by atoms with Crippen LogP contribution in [0.25, 0.3) is 0 Å². The first-order valence-electron chi connectivity index (χ1n) is 11.6. The Morgan fingerprint density at radius 1 is 1.13 bits per heavy atom. The summed E-state index contributed by atoms with van der Waals surface area (Å²) in [7, 11) is 1.86.